The molecule has 0 spiro atoms. The number of nitrogens with zero attached hydrogens (tertiary/aromatic N) is 1. The van der Waals surface area contributed by atoms with Gasteiger partial charge in [0.15, 0.2) is 11.5 Å². The summed E-state index contributed by atoms with van der Waals surface area (Å²) in [6, 6.07) is 8.36. The van der Waals surface area contributed by atoms with Crippen LogP contribution in [0.5, 0.6) is 0 Å². The summed E-state index contributed by atoms with van der Waals surface area (Å²) < 4.78 is 13.6. The topological polar surface area (TPSA) is 42.0 Å². The number of amides is 1. The molecule has 1 heterocycles. The third-order valence-electron chi connectivity index (χ3n) is 3.28. The molecule has 2 rings (SSSR count). The lowest BCUT2D eigenvalue weighted by Crippen LogP contribution is -2.17. The lowest BCUT2D eigenvalue weighted by atomic mass is 9.84. The van der Waals surface area contributed by atoms with Gasteiger partial charge in [0, 0.05) is 11.9 Å². The van der Waals surface area contributed by atoms with Crippen LogP contribution in [0.2, 0.25) is 0 Å². The van der Waals surface area contributed by atoms with Gasteiger partial charge in [0.1, 0.15) is 0 Å². The molecule has 0 unspecified atom stereocenters. The second kappa shape index (κ2) is 5.64. The molecule has 0 aliphatic heterocycles. The van der Waals surface area contributed by atoms with E-state index in [0.717, 1.165) is 11.1 Å². The molecule has 1 amide bonds. The zero-order valence-corrected chi connectivity index (χ0v) is 12.7. The molecule has 3 nitrogen and oxygen atoms in total. The van der Waals surface area contributed by atoms with E-state index in [1.54, 1.807) is 0 Å². The first kappa shape index (κ1) is 15.2. The van der Waals surface area contributed by atoms with Crippen LogP contribution in [0.1, 0.15) is 42.4 Å². The molecule has 0 bridgehead atoms. The Morgan fingerprint density at radius 3 is 2.57 bits per heavy atom. The number of anilines is 1. The van der Waals surface area contributed by atoms with Crippen LogP contribution in [0.4, 0.5) is 10.1 Å². The zero-order chi connectivity index (χ0) is 15.6. The molecule has 0 saturated heterocycles. The molecule has 0 radical (unpaired) electrons. The molecule has 1 N–H and O–H groups in total. The Kier molecular flexibility index (Phi) is 4.07. The first-order chi connectivity index (χ1) is 9.79. The molecule has 2 aromatic rings. The van der Waals surface area contributed by atoms with Crippen molar-refractivity contribution in [1.29, 1.82) is 0 Å². The monoisotopic (exact) mass is 286 g/mol. The van der Waals surface area contributed by atoms with E-state index in [2.05, 4.69) is 31.1 Å². The molecule has 0 fully saturated rings. The first-order valence-corrected chi connectivity index (χ1v) is 6.82. The van der Waals surface area contributed by atoms with Gasteiger partial charge in [-0.2, -0.15) is 0 Å². The number of pyridine rings is 1. The highest BCUT2D eigenvalue weighted by atomic mass is 19.1. The molecule has 0 atom stereocenters. The van der Waals surface area contributed by atoms with Gasteiger partial charge in [0.05, 0.1) is 0 Å². The number of nitrogens with one attached hydrogen (secondary N) is 1. The van der Waals surface area contributed by atoms with E-state index >= 15 is 0 Å². The Balaban J connectivity index is 2.29. The second-order valence-corrected chi connectivity index (χ2v) is 6.07. The summed E-state index contributed by atoms with van der Waals surface area (Å²) in [4.78, 5) is 15.8. The summed E-state index contributed by atoms with van der Waals surface area (Å²) in [5.41, 5.74) is 2.71. The number of hydrogen-bond acceptors (Lipinski definition) is 2. The fraction of sp³-hybridized carbons (Fsp3) is 0.294. The van der Waals surface area contributed by atoms with Crippen LogP contribution in [0.15, 0.2) is 36.5 Å². The molecule has 4 heteroatoms. The number of halogens is 1. The lowest BCUT2D eigenvalue weighted by molar-refractivity contribution is 0.101. The summed E-state index contributed by atoms with van der Waals surface area (Å²) in [6.07, 6.45) is 1.40. The predicted octanol–water partition coefficient (Wildman–Crippen LogP) is 4.08. The number of carbonyl (C=O) groups is 1. The molecular weight excluding hydrogens is 267 g/mol. The standard InChI is InChI=1S/C17H19FN2O/c1-11-7-8-12(10-13(11)17(2,3)4)20-16(21)15-14(18)6-5-9-19-15/h5-10H,1-4H3,(H,20,21). The van der Waals surface area contributed by atoms with Gasteiger partial charge in [-0.15, -0.1) is 0 Å². The van der Waals surface area contributed by atoms with Gasteiger partial charge >= 0.3 is 0 Å². The first-order valence-electron chi connectivity index (χ1n) is 6.82. The second-order valence-electron chi connectivity index (χ2n) is 6.07. The van der Waals surface area contributed by atoms with Crippen molar-refractivity contribution in [3.8, 4) is 0 Å². The van der Waals surface area contributed by atoms with Gasteiger partial charge in [-0.3, -0.25) is 4.79 Å². The van der Waals surface area contributed by atoms with Crippen molar-refractivity contribution in [3.05, 3.63) is 59.2 Å². The summed E-state index contributed by atoms with van der Waals surface area (Å²) in [5.74, 6) is -1.17. The fourth-order valence-corrected chi connectivity index (χ4v) is 2.25. The summed E-state index contributed by atoms with van der Waals surface area (Å²) in [7, 11) is 0. The van der Waals surface area contributed by atoms with Gasteiger partial charge in [0.25, 0.3) is 5.91 Å². The molecule has 1 aromatic heterocycles. The van der Waals surface area contributed by atoms with Gasteiger partial charge in [-0.25, -0.2) is 9.37 Å². The van der Waals surface area contributed by atoms with Crippen LogP contribution >= 0.6 is 0 Å². The van der Waals surface area contributed by atoms with E-state index in [1.807, 2.05) is 25.1 Å². The van der Waals surface area contributed by atoms with Gasteiger partial charge < -0.3 is 5.32 Å². The summed E-state index contributed by atoms with van der Waals surface area (Å²) >= 11 is 0. The number of hydrogen-bond donors (Lipinski definition) is 1. The molecule has 0 aliphatic rings. The molecular formula is C17H19FN2O. The van der Waals surface area contributed by atoms with E-state index in [9.17, 15) is 9.18 Å². The maximum absolute atomic E-state index is 13.6. The van der Waals surface area contributed by atoms with Gasteiger partial charge in [-0.05, 0) is 47.7 Å². The van der Waals surface area contributed by atoms with Crippen LogP contribution < -0.4 is 5.32 Å². The van der Waals surface area contributed by atoms with Gasteiger partial charge in [0.2, 0.25) is 0 Å². The number of aryl methyl sites for hydroxylation is 1. The summed E-state index contributed by atoms with van der Waals surface area (Å²) in [6.45, 7) is 8.36. The van der Waals surface area contributed by atoms with Crippen LogP contribution in [-0.2, 0) is 5.41 Å². The third-order valence-corrected chi connectivity index (χ3v) is 3.28. The fourth-order valence-electron chi connectivity index (χ4n) is 2.25. The lowest BCUT2D eigenvalue weighted by Gasteiger charge is -2.22. The van der Waals surface area contributed by atoms with E-state index in [1.165, 1.54) is 18.3 Å². The zero-order valence-electron chi connectivity index (χ0n) is 12.7. The minimum atomic E-state index is -0.627. The quantitative estimate of drug-likeness (QED) is 0.904. The molecule has 110 valence electrons. The van der Waals surface area contributed by atoms with E-state index in [4.69, 9.17) is 0 Å². The van der Waals surface area contributed by atoms with E-state index in [0.29, 0.717) is 5.69 Å². The van der Waals surface area contributed by atoms with Crippen molar-refractivity contribution in [2.45, 2.75) is 33.1 Å². The highest BCUT2D eigenvalue weighted by Crippen LogP contribution is 2.28. The van der Waals surface area contributed by atoms with Crippen molar-refractivity contribution in [1.82, 2.24) is 4.98 Å². The number of rotatable bonds is 2. The van der Waals surface area contributed by atoms with Crippen LogP contribution in [-0.4, -0.2) is 10.9 Å². The Morgan fingerprint density at radius 1 is 1.24 bits per heavy atom. The van der Waals surface area contributed by atoms with Crippen molar-refractivity contribution in [2.24, 2.45) is 0 Å². The van der Waals surface area contributed by atoms with Crippen molar-refractivity contribution in [3.63, 3.8) is 0 Å². The highest BCUT2D eigenvalue weighted by Gasteiger charge is 2.18. The Morgan fingerprint density at radius 2 is 1.95 bits per heavy atom. The van der Waals surface area contributed by atoms with E-state index < -0.39 is 11.7 Å². The van der Waals surface area contributed by atoms with Crippen LogP contribution in [0, 0.1) is 12.7 Å². The average molecular weight is 286 g/mol. The van der Waals surface area contributed by atoms with Crippen molar-refractivity contribution >= 4 is 11.6 Å². The maximum atomic E-state index is 13.6. The number of benzene rings is 1. The highest BCUT2D eigenvalue weighted by molar-refractivity contribution is 6.03. The SMILES string of the molecule is Cc1ccc(NC(=O)c2ncccc2F)cc1C(C)(C)C. The molecule has 1 aromatic carbocycles. The molecule has 0 aliphatic carbocycles. The minimum absolute atomic E-state index is 0.0267. The Bertz CT molecular complexity index is 675. The predicted molar refractivity (Wildman–Crippen MR) is 82.0 cm³/mol. The normalized spacial score (nSPS) is 11.3. The van der Waals surface area contributed by atoms with Crippen LogP contribution in [0.3, 0.4) is 0 Å². The smallest absolute Gasteiger partial charge is 0.277 e. The molecule has 0 saturated carbocycles. The Hall–Kier alpha value is -2.23. The molecule has 21 heavy (non-hydrogen) atoms. The van der Waals surface area contributed by atoms with E-state index in [-0.39, 0.29) is 11.1 Å². The number of aromatic nitrogens is 1. The third kappa shape index (κ3) is 3.45. The summed E-state index contributed by atoms with van der Waals surface area (Å²) in [5, 5.41) is 2.70. The Labute approximate surface area is 124 Å². The van der Waals surface area contributed by atoms with Crippen molar-refractivity contribution in [2.75, 3.05) is 5.32 Å². The maximum Gasteiger partial charge on any atom is 0.277 e. The number of carbonyl (C=O) groups excluding carboxylic acids is 1. The minimum Gasteiger partial charge on any atom is -0.321 e. The van der Waals surface area contributed by atoms with Gasteiger partial charge in [-0.1, -0.05) is 26.8 Å². The average Bonchev–Trinajstić information content (AvgIpc) is 2.40. The largest absolute Gasteiger partial charge is 0.321 e. The van der Waals surface area contributed by atoms with Crippen molar-refractivity contribution < 1.29 is 9.18 Å². The van der Waals surface area contributed by atoms with Crippen LogP contribution in [0.25, 0.3) is 0 Å².